The molecule has 1 heterocycles. The molecule has 0 amide bonds. The number of carboxylic acids is 1. The summed E-state index contributed by atoms with van der Waals surface area (Å²) >= 11 is 1.38. The molecular weight excluding hydrogens is 298 g/mol. The van der Waals surface area contributed by atoms with Crippen LogP contribution in [0.1, 0.15) is 16.8 Å². The second-order valence-electron chi connectivity index (χ2n) is 4.84. The van der Waals surface area contributed by atoms with Gasteiger partial charge in [0.25, 0.3) is 0 Å². The highest BCUT2D eigenvalue weighted by atomic mass is 32.2. The second kappa shape index (κ2) is 6.05. The number of anilines is 1. The third kappa shape index (κ3) is 3.46. The molecule has 110 valence electrons. The number of benzene rings is 1. The van der Waals surface area contributed by atoms with Crippen LogP contribution in [0.4, 0.5) is 5.69 Å². The van der Waals surface area contributed by atoms with Gasteiger partial charge in [-0.2, -0.15) is 0 Å². The number of rotatable bonds is 5. The highest BCUT2D eigenvalue weighted by molar-refractivity contribution is 7.98. The van der Waals surface area contributed by atoms with Crippen molar-refractivity contribution in [2.75, 3.05) is 29.6 Å². The highest BCUT2D eigenvalue weighted by Crippen LogP contribution is 2.28. The van der Waals surface area contributed by atoms with Crippen LogP contribution in [-0.4, -0.2) is 43.8 Å². The van der Waals surface area contributed by atoms with Crippen LogP contribution in [0.25, 0.3) is 0 Å². The van der Waals surface area contributed by atoms with Gasteiger partial charge in [0.05, 0.1) is 17.1 Å². The maximum absolute atomic E-state index is 11.4. The van der Waals surface area contributed by atoms with Gasteiger partial charge in [0.2, 0.25) is 0 Å². The van der Waals surface area contributed by atoms with E-state index >= 15 is 0 Å². The molecule has 0 radical (unpaired) electrons. The number of hydrogen-bond acceptors (Lipinski definition) is 5. The first-order chi connectivity index (χ1) is 9.43. The molecule has 20 heavy (non-hydrogen) atoms. The van der Waals surface area contributed by atoms with Crippen LogP contribution in [0, 0.1) is 5.92 Å². The minimum atomic E-state index is -2.90. The summed E-state index contributed by atoms with van der Waals surface area (Å²) in [5, 5.41) is 12.4. The maximum Gasteiger partial charge on any atom is 0.338 e. The Balaban J connectivity index is 2.12. The molecule has 1 atom stereocenters. The second-order valence-corrected chi connectivity index (χ2v) is 7.91. The number of thioether (sulfide) groups is 1. The van der Waals surface area contributed by atoms with Crippen molar-refractivity contribution in [3.8, 4) is 0 Å². The Morgan fingerprint density at radius 3 is 2.80 bits per heavy atom. The summed E-state index contributed by atoms with van der Waals surface area (Å²) in [4.78, 5) is 12.0. The molecule has 1 aliphatic rings. The zero-order valence-electron chi connectivity index (χ0n) is 11.1. The van der Waals surface area contributed by atoms with Crippen molar-refractivity contribution >= 4 is 33.3 Å². The summed E-state index contributed by atoms with van der Waals surface area (Å²) in [7, 11) is -2.90. The zero-order chi connectivity index (χ0) is 14.8. The molecule has 1 fully saturated rings. The van der Waals surface area contributed by atoms with Crippen molar-refractivity contribution in [3.05, 3.63) is 23.8 Å². The standard InChI is InChI=1S/C13H17NO4S2/c1-19-11-4-2-3-10(12(11)13(15)16)14-7-9-5-6-20(17,18)8-9/h2-4,9,14H,5-8H2,1H3,(H,15,16). The first-order valence-electron chi connectivity index (χ1n) is 6.27. The van der Waals surface area contributed by atoms with Gasteiger partial charge in [0.15, 0.2) is 9.84 Å². The summed E-state index contributed by atoms with van der Waals surface area (Å²) in [5.74, 6) is -0.503. The molecule has 2 rings (SSSR count). The molecule has 1 aliphatic heterocycles. The van der Waals surface area contributed by atoms with Gasteiger partial charge in [-0.05, 0) is 30.7 Å². The number of sulfone groups is 1. The van der Waals surface area contributed by atoms with Gasteiger partial charge in [-0.15, -0.1) is 11.8 Å². The fourth-order valence-electron chi connectivity index (χ4n) is 2.36. The van der Waals surface area contributed by atoms with Crippen molar-refractivity contribution in [1.82, 2.24) is 0 Å². The molecule has 0 aromatic heterocycles. The molecule has 0 saturated carbocycles. The van der Waals surface area contributed by atoms with Gasteiger partial charge in [-0.25, -0.2) is 13.2 Å². The SMILES string of the molecule is CSc1cccc(NCC2CCS(=O)(=O)C2)c1C(=O)O. The average Bonchev–Trinajstić information content (AvgIpc) is 2.75. The van der Waals surface area contributed by atoms with Crippen LogP contribution < -0.4 is 5.32 Å². The monoisotopic (exact) mass is 315 g/mol. The number of aromatic carboxylic acids is 1. The number of carboxylic acid groups (broad SMARTS) is 1. The van der Waals surface area contributed by atoms with Crippen LogP contribution in [0.2, 0.25) is 0 Å². The van der Waals surface area contributed by atoms with Crippen molar-refractivity contribution in [2.24, 2.45) is 5.92 Å². The van der Waals surface area contributed by atoms with E-state index in [4.69, 9.17) is 0 Å². The summed E-state index contributed by atoms with van der Waals surface area (Å²) in [5.41, 5.74) is 0.800. The molecule has 0 bridgehead atoms. The minimum Gasteiger partial charge on any atom is -0.478 e. The van der Waals surface area contributed by atoms with Gasteiger partial charge < -0.3 is 10.4 Å². The van der Waals surface area contributed by atoms with Gasteiger partial charge in [0.1, 0.15) is 0 Å². The topological polar surface area (TPSA) is 83.5 Å². The number of carbonyl (C=O) groups is 1. The van der Waals surface area contributed by atoms with Crippen LogP contribution in [0.15, 0.2) is 23.1 Å². The molecule has 1 saturated heterocycles. The Morgan fingerprint density at radius 2 is 2.25 bits per heavy atom. The summed E-state index contributed by atoms with van der Waals surface area (Å²) in [6.07, 6.45) is 2.47. The highest BCUT2D eigenvalue weighted by Gasteiger charge is 2.28. The third-order valence-corrected chi connectivity index (χ3v) is 5.98. The molecule has 1 aromatic rings. The Hall–Kier alpha value is -1.21. The van der Waals surface area contributed by atoms with E-state index in [-0.39, 0.29) is 23.0 Å². The molecule has 0 spiro atoms. The van der Waals surface area contributed by atoms with Crippen LogP contribution >= 0.6 is 11.8 Å². The number of hydrogen-bond donors (Lipinski definition) is 2. The van der Waals surface area contributed by atoms with E-state index in [0.717, 1.165) is 0 Å². The lowest BCUT2D eigenvalue weighted by atomic mass is 10.1. The molecule has 2 N–H and O–H groups in total. The Bertz CT molecular complexity index is 613. The van der Waals surface area contributed by atoms with E-state index in [1.54, 1.807) is 18.2 Å². The van der Waals surface area contributed by atoms with E-state index in [9.17, 15) is 18.3 Å². The lowest BCUT2D eigenvalue weighted by Crippen LogP contribution is -2.17. The smallest absolute Gasteiger partial charge is 0.338 e. The van der Waals surface area contributed by atoms with Crippen LogP contribution in [-0.2, 0) is 9.84 Å². The Labute approximate surface area is 122 Å². The van der Waals surface area contributed by atoms with Gasteiger partial charge >= 0.3 is 5.97 Å². The maximum atomic E-state index is 11.4. The van der Waals surface area contributed by atoms with E-state index in [0.29, 0.717) is 23.5 Å². The zero-order valence-corrected chi connectivity index (χ0v) is 12.8. The average molecular weight is 315 g/mol. The van der Waals surface area contributed by atoms with Crippen molar-refractivity contribution in [1.29, 1.82) is 0 Å². The number of nitrogens with one attached hydrogen (secondary N) is 1. The minimum absolute atomic E-state index is 0.0552. The molecule has 1 unspecified atom stereocenters. The molecule has 5 nitrogen and oxygen atoms in total. The van der Waals surface area contributed by atoms with E-state index in [1.807, 2.05) is 6.26 Å². The normalized spacial score (nSPS) is 20.8. The van der Waals surface area contributed by atoms with E-state index in [2.05, 4.69) is 5.32 Å². The third-order valence-electron chi connectivity index (χ3n) is 3.37. The quantitative estimate of drug-likeness (QED) is 0.808. The fourth-order valence-corrected chi connectivity index (χ4v) is 4.83. The lowest BCUT2D eigenvalue weighted by molar-refractivity contribution is 0.0694. The van der Waals surface area contributed by atoms with Gasteiger partial charge in [-0.1, -0.05) is 6.07 Å². The molecule has 0 aliphatic carbocycles. The first-order valence-corrected chi connectivity index (χ1v) is 9.32. The lowest BCUT2D eigenvalue weighted by Gasteiger charge is -2.14. The first kappa shape index (κ1) is 15.2. The molecule has 1 aromatic carbocycles. The van der Waals surface area contributed by atoms with Crippen molar-refractivity contribution in [2.45, 2.75) is 11.3 Å². The predicted octanol–water partition coefficient (Wildman–Crippen LogP) is 1.95. The fraction of sp³-hybridized carbons (Fsp3) is 0.462. The summed E-state index contributed by atoms with van der Waals surface area (Å²) < 4.78 is 22.8. The van der Waals surface area contributed by atoms with Crippen LogP contribution in [0.5, 0.6) is 0 Å². The van der Waals surface area contributed by atoms with Crippen molar-refractivity contribution < 1.29 is 18.3 Å². The Morgan fingerprint density at radius 1 is 1.50 bits per heavy atom. The summed E-state index contributed by atoms with van der Waals surface area (Å²) in [6, 6.07) is 5.28. The summed E-state index contributed by atoms with van der Waals surface area (Å²) in [6.45, 7) is 0.483. The Kier molecular flexibility index (Phi) is 4.59. The van der Waals surface area contributed by atoms with Crippen LogP contribution in [0.3, 0.4) is 0 Å². The largest absolute Gasteiger partial charge is 0.478 e. The van der Waals surface area contributed by atoms with Gasteiger partial charge in [0, 0.05) is 17.1 Å². The molecular formula is C13H17NO4S2. The van der Waals surface area contributed by atoms with Gasteiger partial charge in [-0.3, -0.25) is 0 Å². The van der Waals surface area contributed by atoms with Crippen molar-refractivity contribution in [3.63, 3.8) is 0 Å². The predicted molar refractivity (Wildman–Crippen MR) is 80.4 cm³/mol. The molecule has 7 heteroatoms. The van der Waals surface area contributed by atoms with E-state index < -0.39 is 15.8 Å². The van der Waals surface area contributed by atoms with E-state index in [1.165, 1.54) is 11.8 Å².